The third-order valence-electron chi connectivity index (χ3n) is 2.84. The summed E-state index contributed by atoms with van der Waals surface area (Å²) in [4.78, 5) is 0. The van der Waals surface area contributed by atoms with Crippen LogP contribution < -0.4 is 5.73 Å². The number of benzene rings is 1. The summed E-state index contributed by atoms with van der Waals surface area (Å²) in [7, 11) is 0. The van der Waals surface area contributed by atoms with Gasteiger partial charge < -0.3 is 5.73 Å². The van der Waals surface area contributed by atoms with Crippen molar-refractivity contribution in [1.82, 2.24) is 0 Å². The van der Waals surface area contributed by atoms with Crippen molar-refractivity contribution in [3.8, 4) is 0 Å². The van der Waals surface area contributed by atoms with Gasteiger partial charge in [-0.1, -0.05) is 45.0 Å². The van der Waals surface area contributed by atoms with Gasteiger partial charge in [-0.2, -0.15) is 0 Å². The van der Waals surface area contributed by atoms with Gasteiger partial charge in [0.15, 0.2) is 0 Å². The second-order valence-corrected chi connectivity index (χ2v) is 4.68. The summed E-state index contributed by atoms with van der Waals surface area (Å²) in [5, 5.41) is 0. The highest BCUT2D eigenvalue weighted by molar-refractivity contribution is 5.27. The van der Waals surface area contributed by atoms with Crippen LogP contribution in [0.2, 0.25) is 0 Å². The van der Waals surface area contributed by atoms with Crippen LogP contribution in [0, 0.1) is 5.92 Å². The van der Waals surface area contributed by atoms with Crippen molar-refractivity contribution >= 4 is 0 Å². The molecule has 0 bridgehead atoms. The highest BCUT2D eigenvalue weighted by Gasteiger charge is 2.07. The highest BCUT2D eigenvalue weighted by atomic mass is 14.5. The topological polar surface area (TPSA) is 26.0 Å². The van der Waals surface area contributed by atoms with Gasteiger partial charge in [0.25, 0.3) is 0 Å². The molecule has 0 aromatic heterocycles. The molecule has 0 aliphatic carbocycles. The maximum absolute atomic E-state index is 5.77. The van der Waals surface area contributed by atoms with E-state index in [-0.39, 0.29) is 0 Å². The van der Waals surface area contributed by atoms with Gasteiger partial charge in [0.1, 0.15) is 0 Å². The molecule has 0 spiro atoms. The van der Waals surface area contributed by atoms with Gasteiger partial charge in [-0.3, -0.25) is 0 Å². The zero-order chi connectivity index (χ0) is 11.3. The molecule has 0 fully saturated rings. The monoisotopic (exact) mass is 205 g/mol. The molecule has 1 heteroatoms. The van der Waals surface area contributed by atoms with Crippen molar-refractivity contribution < 1.29 is 0 Å². The molecule has 0 saturated heterocycles. The van der Waals surface area contributed by atoms with E-state index in [1.165, 1.54) is 11.1 Å². The van der Waals surface area contributed by atoms with Crippen LogP contribution in [0.1, 0.15) is 44.2 Å². The van der Waals surface area contributed by atoms with Crippen LogP contribution in [0.25, 0.3) is 0 Å². The second-order valence-electron chi connectivity index (χ2n) is 4.68. The van der Waals surface area contributed by atoms with E-state index in [9.17, 15) is 0 Å². The van der Waals surface area contributed by atoms with Crippen LogP contribution >= 0.6 is 0 Å². The zero-order valence-electron chi connectivity index (χ0n) is 10.2. The summed E-state index contributed by atoms with van der Waals surface area (Å²) in [5.74, 6) is 1.25. The molecule has 0 heterocycles. The number of rotatable bonds is 5. The molecule has 1 aromatic carbocycles. The lowest BCUT2D eigenvalue weighted by molar-refractivity contribution is 0.641. The number of hydrogen-bond acceptors (Lipinski definition) is 1. The first kappa shape index (κ1) is 12.3. The summed E-state index contributed by atoms with van der Waals surface area (Å²) in [6, 6.07) is 8.89. The van der Waals surface area contributed by atoms with E-state index in [0.717, 1.165) is 25.3 Å². The maximum Gasteiger partial charge on any atom is -0.000834 e. The first-order valence-corrected chi connectivity index (χ1v) is 5.96. The Bertz CT molecular complexity index is 287. The maximum atomic E-state index is 5.77. The van der Waals surface area contributed by atoms with Gasteiger partial charge in [-0.15, -0.1) is 0 Å². The van der Waals surface area contributed by atoms with Crippen molar-refractivity contribution in [2.75, 3.05) is 6.54 Å². The van der Waals surface area contributed by atoms with E-state index in [2.05, 4.69) is 45.0 Å². The Labute approximate surface area is 93.7 Å². The Morgan fingerprint density at radius 2 is 2.00 bits per heavy atom. The van der Waals surface area contributed by atoms with Gasteiger partial charge in [-0.05, 0) is 42.3 Å². The van der Waals surface area contributed by atoms with Crippen LogP contribution in [-0.4, -0.2) is 6.54 Å². The van der Waals surface area contributed by atoms with Crippen LogP contribution in [0.4, 0.5) is 0 Å². The van der Waals surface area contributed by atoms with E-state index in [4.69, 9.17) is 5.73 Å². The summed E-state index contributed by atoms with van der Waals surface area (Å²) in [6.45, 7) is 7.47. The SMILES string of the molecule is CC[C@H](CN)c1cccc(CC(C)C)c1. The first-order valence-electron chi connectivity index (χ1n) is 5.96. The van der Waals surface area contributed by atoms with Gasteiger partial charge in [0, 0.05) is 0 Å². The fourth-order valence-corrected chi connectivity index (χ4v) is 1.98. The smallest absolute Gasteiger partial charge is 0.000834 e. The number of nitrogens with two attached hydrogens (primary N) is 1. The summed E-state index contributed by atoms with van der Waals surface area (Å²) >= 11 is 0. The molecule has 84 valence electrons. The molecular weight excluding hydrogens is 182 g/mol. The Hall–Kier alpha value is -0.820. The number of hydrogen-bond donors (Lipinski definition) is 1. The predicted molar refractivity (Wildman–Crippen MR) is 67.1 cm³/mol. The molecule has 1 aromatic rings. The molecule has 0 radical (unpaired) electrons. The fourth-order valence-electron chi connectivity index (χ4n) is 1.98. The molecule has 0 aliphatic rings. The van der Waals surface area contributed by atoms with E-state index < -0.39 is 0 Å². The average molecular weight is 205 g/mol. The summed E-state index contributed by atoms with van der Waals surface area (Å²) in [6.07, 6.45) is 2.29. The predicted octanol–water partition coefficient (Wildman–Crippen LogP) is 3.34. The molecule has 0 amide bonds. The van der Waals surface area contributed by atoms with Crippen molar-refractivity contribution in [3.05, 3.63) is 35.4 Å². The van der Waals surface area contributed by atoms with Gasteiger partial charge >= 0.3 is 0 Å². The average Bonchev–Trinajstić information content (AvgIpc) is 2.19. The molecule has 0 saturated carbocycles. The lowest BCUT2D eigenvalue weighted by atomic mass is 9.93. The molecule has 2 N–H and O–H groups in total. The lowest BCUT2D eigenvalue weighted by Gasteiger charge is -2.14. The largest absolute Gasteiger partial charge is 0.330 e. The van der Waals surface area contributed by atoms with Gasteiger partial charge in [0.2, 0.25) is 0 Å². The minimum absolute atomic E-state index is 0.525. The normalized spacial score (nSPS) is 13.1. The van der Waals surface area contributed by atoms with E-state index in [1.807, 2.05) is 0 Å². The fraction of sp³-hybridized carbons (Fsp3) is 0.571. The lowest BCUT2D eigenvalue weighted by Crippen LogP contribution is -2.11. The molecule has 0 unspecified atom stereocenters. The molecule has 1 nitrogen and oxygen atoms in total. The van der Waals surface area contributed by atoms with E-state index in [0.29, 0.717) is 5.92 Å². The molecule has 15 heavy (non-hydrogen) atoms. The van der Waals surface area contributed by atoms with Crippen molar-refractivity contribution in [2.24, 2.45) is 11.7 Å². The van der Waals surface area contributed by atoms with Crippen LogP contribution in [0.15, 0.2) is 24.3 Å². The summed E-state index contributed by atoms with van der Waals surface area (Å²) in [5.41, 5.74) is 8.61. The highest BCUT2D eigenvalue weighted by Crippen LogP contribution is 2.20. The first-order chi connectivity index (χ1) is 7.17. The third kappa shape index (κ3) is 3.67. The molecule has 0 aliphatic heterocycles. The minimum Gasteiger partial charge on any atom is -0.330 e. The summed E-state index contributed by atoms with van der Waals surface area (Å²) < 4.78 is 0. The zero-order valence-corrected chi connectivity index (χ0v) is 10.2. The van der Waals surface area contributed by atoms with Crippen LogP contribution in [0.3, 0.4) is 0 Å². The van der Waals surface area contributed by atoms with E-state index in [1.54, 1.807) is 0 Å². The van der Waals surface area contributed by atoms with E-state index >= 15 is 0 Å². The van der Waals surface area contributed by atoms with Gasteiger partial charge in [-0.25, -0.2) is 0 Å². The minimum atomic E-state index is 0.525. The third-order valence-corrected chi connectivity index (χ3v) is 2.84. The molecular formula is C14H23N. The van der Waals surface area contributed by atoms with Crippen molar-refractivity contribution in [3.63, 3.8) is 0 Å². The van der Waals surface area contributed by atoms with Crippen molar-refractivity contribution in [2.45, 2.75) is 39.5 Å². The Balaban J connectivity index is 2.81. The Morgan fingerprint density at radius 1 is 1.27 bits per heavy atom. The Morgan fingerprint density at radius 3 is 2.53 bits per heavy atom. The van der Waals surface area contributed by atoms with Crippen LogP contribution in [-0.2, 0) is 6.42 Å². The van der Waals surface area contributed by atoms with Crippen LogP contribution in [0.5, 0.6) is 0 Å². The molecule has 1 rings (SSSR count). The Kier molecular flexibility index (Phi) is 4.83. The standard InChI is InChI=1S/C14H23N/c1-4-13(10-15)14-7-5-6-12(9-14)8-11(2)3/h5-7,9,11,13H,4,8,10,15H2,1-3H3/t13-/m1/s1. The van der Waals surface area contributed by atoms with Crippen molar-refractivity contribution in [1.29, 1.82) is 0 Å². The van der Waals surface area contributed by atoms with Gasteiger partial charge in [0.05, 0.1) is 0 Å². The second kappa shape index (κ2) is 5.92. The quantitative estimate of drug-likeness (QED) is 0.784. The molecule has 1 atom stereocenters.